The molecule has 1 atom stereocenters. The van der Waals surface area contributed by atoms with Crippen molar-refractivity contribution in [1.82, 2.24) is 24.5 Å². The van der Waals surface area contributed by atoms with Gasteiger partial charge in [-0.1, -0.05) is 12.1 Å². The molecule has 23 heavy (non-hydrogen) atoms. The van der Waals surface area contributed by atoms with E-state index in [0.29, 0.717) is 5.78 Å². The Hall–Kier alpha value is -2.22. The standard InChI is InChI=1S/C15H21N7O/c1-2-12-9-13(23-19-12)10-20-5-7-21(8-6-20)14-3-4-16-15-18-17-11-22(14)15/h3-4,11,13H,2,5-10H2,1H3. The number of hydrogen-bond acceptors (Lipinski definition) is 7. The van der Waals surface area contributed by atoms with Crippen LogP contribution in [-0.2, 0) is 4.84 Å². The molecule has 8 nitrogen and oxygen atoms in total. The second-order valence-electron chi connectivity index (χ2n) is 6.03. The van der Waals surface area contributed by atoms with Crippen LogP contribution in [0.15, 0.2) is 23.7 Å². The minimum atomic E-state index is 0.224. The summed E-state index contributed by atoms with van der Waals surface area (Å²) in [6.45, 7) is 7.08. The van der Waals surface area contributed by atoms with Gasteiger partial charge in [0.25, 0.3) is 5.78 Å². The average Bonchev–Trinajstić information content (AvgIpc) is 3.24. The summed E-state index contributed by atoms with van der Waals surface area (Å²) < 4.78 is 1.94. The molecule has 0 aliphatic carbocycles. The molecule has 1 fully saturated rings. The first-order valence-corrected chi connectivity index (χ1v) is 8.17. The van der Waals surface area contributed by atoms with E-state index in [0.717, 1.165) is 51.4 Å². The van der Waals surface area contributed by atoms with Gasteiger partial charge in [-0.05, 0) is 12.5 Å². The number of oxime groups is 1. The first-order chi connectivity index (χ1) is 11.3. The third kappa shape index (κ3) is 2.86. The highest BCUT2D eigenvalue weighted by Crippen LogP contribution is 2.18. The van der Waals surface area contributed by atoms with Crippen molar-refractivity contribution in [1.29, 1.82) is 0 Å². The number of nitrogens with zero attached hydrogens (tertiary/aromatic N) is 7. The third-order valence-corrected chi connectivity index (χ3v) is 4.55. The van der Waals surface area contributed by atoms with Crippen molar-refractivity contribution in [3.05, 3.63) is 18.6 Å². The van der Waals surface area contributed by atoms with Gasteiger partial charge >= 0.3 is 0 Å². The van der Waals surface area contributed by atoms with Crippen LogP contribution >= 0.6 is 0 Å². The molecule has 8 heteroatoms. The van der Waals surface area contributed by atoms with Crippen molar-refractivity contribution in [2.75, 3.05) is 37.6 Å². The molecule has 1 unspecified atom stereocenters. The van der Waals surface area contributed by atoms with E-state index >= 15 is 0 Å². The molecular weight excluding hydrogens is 294 g/mol. The molecule has 2 aliphatic heterocycles. The van der Waals surface area contributed by atoms with Gasteiger partial charge in [0.2, 0.25) is 0 Å². The van der Waals surface area contributed by atoms with E-state index in [9.17, 15) is 0 Å². The predicted octanol–water partition coefficient (Wildman–Crippen LogP) is 0.801. The van der Waals surface area contributed by atoms with Crippen LogP contribution in [0, 0.1) is 0 Å². The lowest BCUT2D eigenvalue weighted by molar-refractivity contribution is 0.0510. The van der Waals surface area contributed by atoms with Crippen LogP contribution in [-0.4, -0.2) is 69.0 Å². The Bertz CT molecular complexity index is 705. The molecule has 1 saturated heterocycles. The zero-order valence-corrected chi connectivity index (χ0v) is 13.3. The minimum absolute atomic E-state index is 0.224. The molecule has 0 N–H and O–H groups in total. The molecule has 0 bridgehead atoms. The van der Waals surface area contributed by atoms with Gasteiger partial charge in [-0.25, -0.2) is 4.98 Å². The lowest BCUT2D eigenvalue weighted by atomic mass is 10.1. The van der Waals surface area contributed by atoms with Crippen molar-refractivity contribution >= 4 is 17.3 Å². The second kappa shape index (κ2) is 6.11. The Morgan fingerprint density at radius 1 is 1.26 bits per heavy atom. The number of fused-ring (bicyclic) bond motifs is 1. The molecular formula is C15H21N7O. The number of piperazine rings is 1. The summed E-state index contributed by atoms with van der Waals surface area (Å²) >= 11 is 0. The fraction of sp³-hybridized carbons (Fsp3) is 0.600. The molecule has 0 radical (unpaired) electrons. The van der Waals surface area contributed by atoms with Crippen LogP contribution in [0.25, 0.3) is 5.78 Å². The minimum Gasteiger partial charge on any atom is -0.391 e. The van der Waals surface area contributed by atoms with E-state index in [1.165, 1.54) is 5.71 Å². The van der Waals surface area contributed by atoms with E-state index in [-0.39, 0.29) is 6.10 Å². The third-order valence-electron chi connectivity index (χ3n) is 4.55. The number of rotatable bonds is 4. The highest BCUT2D eigenvalue weighted by Gasteiger charge is 2.25. The molecule has 2 aromatic heterocycles. The van der Waals surface area contributed by atoms with Crippen LogP contribution in [0.2, 0.25) is 0 Å². The second-order valence-corrected chi connectivity index (χ2v) is 6.03. The summed E-state index contributed by atoms with van der Waals surface area (Å²) in [6, 6.07) is 2.02. The fourth-order valence-corrected chi connectivity index (χ4v) is 3.23. The smallest absolute Gasteiger partial charge is 0.256 e. The maximum Gasteiger partial charge on any atom is 0.256 e. The van der Waals surface area contributed by atoms with Gasteiger partial charge in [0.15, 0.2) is 0 Å². The zero-order chi connectivity index (χ0) is 15.6. The van der Waals surface area contributed by atoms with E-state index in [4.69, 9.17) is 4.84 Å². The van der Waals surface area contributed by atoms with Gasteiger partial charge in [-0.15, -0.1) is 10.2 Å². The molecule has 0 saturated carbocycles. The molecule has 2 aromatic rings. The lowest BCUT2D eigenvalue weighted by Crippen LogP contribution is -2.49. The average molecular weight is 315 g/mol. The van der Waals surface area contributed by atoms with Crippen molar-refractivity contribution in [3.8, 4) is 0 Å². The molecule has 4 heterocycles. The topological polar surface area (TPSA) is 71.2 Å². The largest absolute Gasteiger partial charge is 0.391 e. The van der Waals surface area contributed by atoms with Crippen LogP contribution < -0.4 is 4.90 Å². The van der Waals surface area contributed by atoms with Crippen LogP contribution in [0.1, 0.15) is 19.8 Å². The van der Waals surface area contributed by atoms with Crippen molar-refractivity contribution in [3.63, 3.8) is 0 Å². The Balaban J connectivity index is 1.35. The quantitative estimate of drug-likeness (QED) is 0.831. The normalized spacial score (nSPS) is 22.4. The van der Waals surface area contributed by atoms with Gasteiger partial charge in [0.05, 0.1) is 5.71 Å². The zero-order valence-electron chi connectivity index (χ0n) is 13.3. The summed E-state index contributed by atoms with van der Waals surface area (Å²) in [5.41, 5.74) is 1.18. The molecule has 4 rings (SSSR count). The highest BCUT2D eigenvalue weighted by atomic mass is 16.6. The van der Waals surface area contributed by atoms with Crippen molar-refractivity contribution in [2.24, 2.45) is 5.16 Å². The molecule has 2 aliphatic rings. The first kappa shape index (κ1) is 14.4. The number of anilines is 1. The Labute approximate surface area is 134 Å². The molecule has 0 aromatic carbocycles. The SMILES string of the molecule is CCC1=NOC(CN2CCN(c3ccnc4nncn34)CC2)C1. The Morgan fingerprint density at radius 2 is 2.13 bits per heavy atom. The summed E-state index contributed by atoms with van der Waals surface area (Å²) in [6.07, 6.45) is 5.70. The first-order valence-electron chi connectivity index (χ1n) is 8.17. The molecule has 122 valence electrons. The fourth-order valence-electron chi connectivity index (χ4n) is 3.23. The van der Waals surface area contributed by atoms with E-state index in [2.05, 4.69) is 37.1 Å². The monoisotopic (exact) mass is 315 g/mol. The van der Waals surface area contributed by atoms with Gasteiger partial charge in [0, 0.05) is 45.3 Å². The maximum absolute atomic E-state index is 5.52. The summed E-state index contributed by atoms with van der Waals surface area (Å²) in [4.78, 5) is 14.6. The van der Waals surface area contributed by atoms with Gasteiger partial charge in [-0.3, -0.25) is 9.30 Å². The summed E-state index contributed by atoms with van der Waals surface area (Å²) in [5, 5.41) is 12.1. The van der Waals surface area contributed by atoms with Crippen LogP contribution in [0.4, 0.5) is 5.82 Å². The van der Waals surface area contributed by atoms with Gasteiger partial charge in [-0.2, -0.15) is 0 Å². The maximum atomic E-state index is 5.52. The highest BCUT2D eigenvalue weighted by molar-refractivity contribution is 5.85. The van der Waals surface area contributed by atoms with E-state index < -0.39 is 0 Å². The Morgan fingerprint density at radius 3 is 2.91 bits per heavy atom. The Kier molecular flexibility index (Phi) is 3.82. The van der Waals surface area contributed by atoms with Crippen molar-refractivity contribution < 1.29 is 4.84 Å². The van der Waals surface area contributed by atoms with Crippen molar-refractivity contribution in [2.45, 2.75) is 25.9 Å². The van der Waals surface area contributed by atoms with Crippen LogP contribution in [0.3, 0.4) is 0 Å². The number of hydrogen-bond donors (Lipinski definition) is 0. The van der Waals surface area contributed by atoms with E-state index in [1.54, 1.807) is 12.5 Å². The summed E-state index contributed by atoms with van der Waals surface area (Å²) in [5.74, 6) is 1.75. The summed E-state index contributed by atoms with van der Waals surface area (Å²) in [7, 11) is 0. The lowest BCUT2D eigenvalue weighted by Gasteiger charge is -2.36. The number of aromatic nitrogens is 4. The van der Waals surface area contributed by atoms with Gasteiger partial charge in [0.1, 0.15) is 18.2 Å². The molecule has 0 spiro atoms. The van der Waals surface area contributed by atoms with Gasteiger partial charge < -0.3 is 9.74 Å². The molecule has 0 amide bonds. The predicted molar refractivity (Wildman–Crippen MR) is 86.7 cm³/mol. The van der Waals surface area contributed by atoms with E-state index in [1.807, 2.05) is 10.5 Å². The van der Waals surface area contributed by atoms with Crippen LogP contribution in [0.5, 0.6) is 0 Å².